The van der Waals surface area contributed by atoms with Crippen LogP contribution in [-0.4, -0.2) is 25.9 Å². The number of aryl methyl sites for hydroxylation is 2. The molecule has 0 aliphatic carbocycles. The van der Waals surface area contributed by atoms with Crippen LogP contribution in [0.4, 0.5) is 5.69 Å². The van der Waals surface area contributed by atoms with E-state index < -0.39 is 0 Å². The van der Waals surface area contributed by atoms with Crippen molar-refractivity contribution in [3.05, 3.63) is 35.7 Å². The molecule has 3 rings (SSSR count). The van der Waals surface area contributed by atoms with Gasteiger partial charge in [0.1, 0.15) is 5.82 Å². The number of carbonyl (C=O) groups excluding carboxylic acids is 1. The van der Waals surface area contributed by atoms with Crippen LogP contribution in [0.3, 0.4) is 0 Å². The van der Waals surface area contributed by atoms with Crippen molar-refractivity contribution in [3.8, 4) is 0 Å². The maximum Gasteiger partial charge on any atom is 0.237 e. The van der Waals surface area contributed by atoms with Gasteiger partial charge in [-0.2, -0.15) is 0 Å². The lowest BCUT2D eigenvalue weighted by atomic mass is 10.1. The normalized spacial score (nSPS) is 15.4. The quantitative estimate of drug-likeness (QED) is 0.841. The van der Waals surface area contributed by atoms with Gasteiger partial charge in [-0.1, -0.05) is 37.2 Å². The molecule has 0 spiro atoms. The monoisotopic (exact) mass is 344 g/mol. The highest BCUT2D eigenvalue weighted by atomic mass is 32.2. The van der Waals surface area contributed by atoms with Crippen LogP contribution in [0.2, 0.25) is 0 Å². The fourth-order valence-electron chi connectivity index (χ4n) is 2.82. The highest BCUT2D eigenvalue weighted by Crippen LogP contribution is 2.26. The highest BCUT2D eigenvalue weighted by molar-refractivity contribution is 8.00. The van der Waals surface area contributed by atoms with Crippen molar-refractivity contribution in [3.63, 3.8) is 0 Å². The van der Waals surface area contributed by atoms with E-state index in [1.165, 1.54) is 30.2 Å². The van der Waals surface area contributed by atoms with Crippen LogP contribution < -0.4 is 5.32 Å². The smallest absolute Gasteiger partial charge is 0.237 e. The van der Waals surface area contributed by atoms with Gasteiger partial charge < -0.3 is 9.88 Å². The van der Waals surface area contributed by atoms with Crippen LogP contribution in [0.5, 0.6) is 0 Å². The number of anilines is 1. The second-order valence-corrected chi connectivity index (χ2v) is 7.47. The average Bonchev–Trinajstić information content (AvgIpc) is 2.82. The summed E-state index contributed by atoms with van der Waals surface area (Å²) in [6.07, 6.45) is 5.54. The summed E-state index contributed by atoms with van der Waals surface area (Å²) in [7, 11) is 0. The zero-order valence-electron chi connectivity index (χ0n) is 14.3. The first-order valence-electron chi connectivity index (χ1n) is 8.66. The lowest BCUT2D eigenvalue weighted by Gasteiger charge is -2.13. The molecular weight excluding hydrogens is 320 g/mol. The number of benzene rings is 1. The van der Waals surface area contributed by atoms with Gasteiger partial charge in [-0.15, -0.1) is 10.2 Å². The van der Waals surface area contributed by atoms with Gasteiger partial charge >= 0.3 is 0 Å². The third-order valence-corrected chi connectivity index (χ3v) is 5.44. The average molecular weight is 344 g/mol. The Morgan fingerprint density at radius 3 is 2.79 bits per heavy atom. The molecule has 5 nitrogen and oxygen atoms in total. The van der Waals surface area contributed by atoms with Crippen LogP contribution in [0.15, 0.2) is 29.4 Å². The van der Waals surface area contributed by atoms with E-state index in [2.05, 4.69) is 27.0 Å². The van der Waals surface area contributed by atoms with Gasteiger partial charge in [-0.3, -0.25) is 4.79 Å². The molecule has 1 aliphatic heterocycles. The third kappa shape index (κ3) is 3.98. The summed E-state index contributed by atoms with van der Waals surface area (Å²) in [5, 5.41) is 12.2. The molecule has 1 N–H and O–H groups in total. The molecule has 1 amide bonds. The molecule has 1 aliphatic rings. The van der Waals surface area contributed by atoms with Crippen molar-refractivity contribution in [1.29, 1.82) is 0 Å². The predicted octanol–water partition coefficient (Wildman–Crippen LogP) is 3.69. The lowest BCUT2D eigenvalue weighted by Crippen LogP contribution is -2.23. The molecule has 2 heterocycles. The van der Waals surface area contributed by atoms with Crippen LogP contribution in [0.1, 0.15) is 44.5 Å². The number of nitrogens with one attached hydrogen (secondary N) is 1. The zero-order valence-corrected chi connectivity index (χ0v) is 15.1. The Hall–Kier alpha value is -1.82. The van der Waals surface area contributed by atoms with Crippen LogP contribution in [0, 0.1) is 0 Å². The minimum Gasteiger partial charge on any atom is -0.325 e. The predicted molar refractivity (Wildman–Crippen MR) is 97.3 cm³/mol. The SMILES string of the molecule is CCc1ccc(NC(=O)[C@H](C)Sc2nnc3n2CCCCC3)cc1. The van der Waals surface area contributed by atoms with Crippen molar-refractivity contribution in [2.45, 2.75) is 62.9 Å². The zero-order chi connectivity index (χ0) is 16.9. The number of amides is 1. The van der Waals surface area contributed by atoms with Gasteiger partial charge in [0.2, 0.25) is 5.91 Å². The maximum atomic E-state index is 12.4. The van der Waals surface area contributed by atoms with Gasteiger partial charge in [-0.25, -0.2) is 0 Å². The second-order valence-electron chi connectivity index (χ2n) is 6.16. The first-order chi connectivity index (χ1) is 11.7. The molecule has 128 valence electrons. The first-order valence-corrected chi connectivity index (χ1v) is 9.54. The number of fused-ring (bicyclic) bond motifs is 1. The molecule has 1 aromatic heterocycles. The summed E-state index contributed by atoms with van der Waals surface area (Å²) < 4.78 is 2.18. The number of nitrogens with zero attached hydrogens (tertiary/aromatic N) is 3. The van der Waals surface area contributed by atoms with E-state index in [1.54, 1.807) is 0 Å². The Kier molecular flexibility index (Phi) is 5.56. The lowest BCUT2D eigenvalue weighted by molar-refractivity contribution is -0.115. The van der Waals surface area contributed by atoms with E-state index in [0.717, 1.165) is 42.5 Å². The van der Waals surface area contributed by atoms with E-state index in [9.17, 15) is 4.79 Å². The molecule has 1 atom stereocenters. The highest BCUT2D eigenvalue weighted by Gasteiger charge is 2.21. The fraction of sp³-hybridized carbons (Fsp3) is 0.500. The molecule has 2 aromatic rings. The first kappa shape index (κ1) is 17.0. The van der Waals surface area contributed by atoms with Gasteiger partial charge in [-0.05, 0) is 43.9 Å². The summed E-state index contributed by atoms with van der Waals surface area (Å²) in [4.78, 5) is 12.4. The minimum absolute atomic E-state index is 0.00443. The number of aromatic nitrogens is 3. The Morgan fingerprint density at radius 1 is 1.25 bits per heavy atom. The van der Waals surface area contributed by atoms with E-state index in [4.69, 9.17) is 0 Å². The molecule has 6 heteroatoms. The van der Waals surface area contributed by atoms with Gasteiger partial charge in [0, 0.05) is 18.7 Å². The minimum atomic E-state index is -0.215. The Bertz CT molecular complexity index is 696. The molecular formula is C18H24N4OS. The maximum absolute atomic E-state index is 12.4. The molecule has 1 aromatic carbocycles. The number of hydrogen-bond acceptors (Lipinski definition) is 4. The van der Waals surface area contributed by atoms with Crippen LogP contribution in [0.25, 0.3) is 0 Å². The van der Waals surface area contributed by atoms with E-state index in [1.807, 2.05) is 31.2 Å². The summed E-state index contributed by atoms with van der Waals surface area (Å²) in [5.41, 5.74) is 2.10. The van der Waals surface area contributed by atoms with Crippen molar-refractivity contribution in [2.24, 2.45) is 0 Å². The van der Waals surface area contributed by atoms with Crippen molar-refractivity contribution >= 4 is 23.4 Å². The Balaban J connectivity index is 1.62. The molecule has 0 saturated carbocycles. The summed E-state index contributed by atoms with van der Waals surface area (Å²) >= 11 is 1.49. The molecule has 0 fully saturated rings. The van der Waals surface area contributed by atoms with Crippen molar-refractivity contribution in [2.75, 3.05) is 5.32 Å². The number of hydrogen-bond donors (Lipinski definition) is 1. The summed E-state index contributed by atoms with van der Waals surface area (Å²) in [5.74, 6) is 1.05. The second kappa shape index (κ2) is 7.83. The van der Waals surface area contributed by atoms with E-state index in [-0.39, 0.29) is 11.2 Å². The van der Waals surface area contributed by atoms with Crippen LogP contribution >= 0.6 is 11.8 Å². The molecule has 0 bridgehead atoms. The molecule has 0 saturated heterocycles. The van der Waals surface area contributed by atoms with Crippen LogP contribution in [-0.2, 0) is 24.2 Å². The Morgan fingerprint density at radius 2 is 2.04 bits per heavy atom. The van der Waals surface area contributed by atoms with Gasteiger partial charge in [0.15, 0.2) is 5.16 Å². The molecule has 24 heavy (non-hydrogen) atoms. The summed E-state index contributed by atoms with van der Waals surface area (Å²) in [6, 6.07) is 8.01. The number of rotatable bonds is 5. The van der Waals surface area contributed by atoms with E-state index in [0.29, 0.717) is 0 Å². The number of thioether (sulfide) groups is 1. The fourth-order valence-corrected chi connectivity index (χ4v) is 3.72. The van der Waals surface area contributed by atoms with Crippen molar-refractivity contribution < 1.29 is 4.79 Å². The number of carbonyl (C=O) groups is 1. The summed E-state index contributed by atoms with van der Waals surface area (Å²) in [6.45, 7) is 4.99. The third-order valence-electron chi connectivity index (χ3n) is 4.36. The molecule has 0 unspecified atom stereocenters. The largest absolute Gasteiger partial charge is 0.325 e. The Labute approximate surface area is 147 Å². The molecule has 0 radical (unpaired) electrons. The topological polar surface area (TPSA) is 59.8 Å². The standard InChI is InChI=1S/C18H24N4OS/c1-3-14-8-10-15(11-9-14)19-17(23)13(2)24-18-21-20-16-7-5-4-6-12-22(16)18/h8-11,13H,3-7,12H2,1-2H3,(H,19,23)/t13-/m0/s1. The van der Waals surface area contributed by atoms with E-state index >= 15 is 0 Å². The van der Waals surface area contributed by atoms with Crippen molar-refractivity contribution in [1.82, 2.24) is 14.8 Å². The van der Waals surface area contributed by atoms with Gasteiger partial charge in [0.25, 0.3) is 0 Å². The van der Waals surface area contributed by atoms with Gasteiger partial charge in [0.05, 0.1) is 5.25 Å².